The van der Waals surface area contributed by atoms with E-state index in [0.29, 0.717) is 5.56 Å². The van der Waals surface area contributed by atoms with Crippen molar-refractivity contribution in [1.29, 1.82) is 0 Å². The van der Waals surface area contributed by atoms with Crippen LogP contribution in [-0.2, 0) is 25.6 Å². The first-order valence-corrected chi connectivity index (χ1v) is 8.33. The molecule has 0 heterocycles. The molecule has 1 aromatic carbocycles. The first kappa shape index (κ1) is 21.5. The number of thiol groups is 1. The standard InChI is InChI=1S/C16H21N3O6S/c17-10(8-26)14(22)18-11(7-13(20)21)15(23)19-12(16(24)25)6-9-4-2-1-3-5-9/h1-5,10-12,26H,6-8,17H2,(H,18,22)(H,19,23)(H,20,21)(H,24,25)/t10-,11-,12-/m0/s1. The number of rotatable bonds is 10. The first-order chi connectivity index (χ1) is 12.2. The highest BCUT2D eigenvalue weighted by molar-refractivity contribution is 7.80. The number of benzene rings is 1. The molecule has 0 radical (unpaired) electrons. The third kappa shape index (κ3) is 7.11. The summed E-state index contributed by atoms with van der Waals surface area (Å²) in [6, 6.07) is 4.85. The van der Waals surface area contributed by atoms with Gasteiger partial charge in [-0.25, -0.2) is 4.79 Å². The zero-order valence-electron chi connectivity index (χ0n) is 13.8. The SMILES string of the molecule is N[C@@H](CS)C(=O)N[C@@H](CC(=O)O)C(=O)N[C@@H](Cc1ccccc1)C(=O)O. The van der Waals surface area contributed by atoms with E-state index >= 15 is 0 Å². The van der Waals surface area contributed by atoms with Crippen LogP contribution in [0.3, 0.4) is 0 Å². The van der Waals surface area contributed by atoms with Gasteiger partial charge in [0, 0.05) is 12.2 Å². The lowest BCUT2D eigenvalue weighted by atomic mass is 10.0. The Labute approximate surface area is 155 Å². The molecule has 26 heavy (non-hydrogen) atoms. The molecular weight excluding hydrogens is 362 g/mol. The highest BCUT2D eigenvalue weighted by atomic mass is 32.1. The molecule has 0 unspecified atom stereocenters. The normalized spacial score (nSPS) is 13.9. The predicted octanol–water partition coefficient (Wildman–Crippen LogP) is -0.985. The smallest absolute Gasteiger partial charge is 0.326 e. The molecule has 10 heteroatoms. The highest BCUT2D eigenvalue weighted by Crippen LogP contribution is 2.05. The van der Waals surface area contributed by atoms with Gasteiger partial charge in [-0.3, -0.25) is 14.4 Å². The van der Waals surface area contributed by atoms with E-state index in [0.717, 1.165) is 0 Å². The maximum atomic E-state index is 12.3. The second-order valence-electron chi connectivity index (χ2n) is 5.54. The fraction of sp³-hybridized carbons (Fsp3) is 0.375. The van der Waals surface area contributed by atoms with Crippen molar-refractivity contribution in [3.8, 4) is 0 Å². The van der Waals surface area contributed by atoms with Crippen LogP contribution in [0.25, 0.3) is 0 Å². The van der Waals surface area contributed by atoms with Crippen molar-refractivity contribution in [3.63, 3.8) is 0 Å². The van der Waals surface area contributed by atoms with Gasteiger partial charge < -0.3 is 26.6 Å². The van der Waals surface area contributed by atoms with Crippen LogP contribution in [0.2, 0.25) is 0 Å². The summed E-state index contributed by atoms with van der Waals surface area (Å²) >= 11 is 3.86. The zero-order chi connectivity index (χ0) is 19.7. The van der Waals surface area contributed by atoms with E-state index in [4.69, 9.17) is 10.8 Å². The lowest BCUT2D eigenvalue weighted by Crippen LogP contribution is -2.55. The minimum absolute atomic E-state index is 0.000990. The third-order valence-electron chi connectivity index (χ3n) is 3.44. The summed E-state index contributed by atoms with van der Waals surface area (Å²) < 4.78 is 0. The Morgan fingerprint density at radius 3 is 2.08 bits per heavy atom. The fourth-order valence-electron chi connectivity index (χ4n) is 2.07. The number of carbonyl (C=O) groups excluding carboxylic acids is 2. The van der Waals surface area contributed by atoms with E-state index in [-0.39, 0.29) is 12.2 Å². The molecule has 0 aliphatic rings. The van der Waals surface area contributed by atoms with Gasteiger partial charge in [0.25, 0.3) is 0 Å². The molecule has 1 aromatic rings. The quantitative estimate of drug-likeness (QED) is 0.283. The summed E-state index contributed by atoms with van der Waals surface area (Å²) in [5.41, 5.74) is 6.16. The van der Waals surface area contributed by atoms with Gasteiger partial charge in [0.15, 0.2) is 0 Å². The largest absolute Gasteiger partial charge is 0.481 e. The van der Waals surface area contributed by atoms with Gasteiger partial charge in [-0.05, 0) is 5.56 Å². The summed E-state index contributed by atoms with van der Waals surface area (Å²) in [5, 5.41) is 22.7. The Kier molecular flexibility index (Phi) is 8.59. The van der Waals surface area contributed by atoms with E-state index in [9.17, 15) is 24.3 Å². The lowest BCUT2D eigenvalue weighted by molar-refractivity contribution is -0.143. The van der Waals surface area contributed by atoms with Gasteiger partial charge >= 0.3 is 11.9 Å². The average Bonchev–Trinajstić information content (AvgIpc) is 2.60. The molecule has 0 bridgehead atoms. The Morgan fingerprint density at radius 2 is 1.58 bits per heavy atom. The van der Waals surface area contributed by atoms with E-state index in [1.165, 1.54) is 0 Å². The van der Waals surface area contributed by atoms with Crippen molar-refractivity contribution in [2.75, 3.05) is 5.75 Å². The fourth-order valence-corrected chi connectivity index (χ4v) is 2.23. The lowest BCUT2D eigenvalue weighted by Gasteiger charge is -2.21. The zero-order valence-corrected chi connectivity index (χ0v) is 14.7. The molecule has 0 aromatic heterocycles. The van der Waals surface area contributed by atoms with Crippen LogP contribution in [0.4, 0.5) is 0 Å². The van der Waals surface area contributed by atoms with Crippen LogP contribution >= 0.6 is 12.6 Å². The number of amides is 2. The molecule has 0 fully saturated rings. The molecule has 6 N–H and O–H groups in total. The second kappa shape index (κ2) is 10.4. The van der Waals surface area contributed by atoms with Crippen molar-refractivity contribution >= 4 is 36.4 Å². The number of carboxylic acids is 2. The van der Waals surface area contributed by atoms with Gasteiger partial charge in [0.2, 0.25) is 11.8 Å². The van der Waals surface area contributed by atoms with Crippen LogP contribution < -0.4 is 16.4 Å². The van der Waals surface area contributed by atoms with Gasteiger partial charge in [-0.1, -0.05) is 30.3 Å². The maximum absolute atomic E-state index is 12.3. The molecule has 9 nitrogen and oxygen atoms in total. The number of carboxylic acid groups (broad SMARTS) is 2. The van der Waals surface area contributed by atoms with Crippen molar-refractivity contribution in [2.45, 2.75) is 31.0 Å². The number of nitrogens with one attached hydrogen (secondary N) is 2. The third-order valence-corrected chi connectivity index (χ3v) is 3.84. The molecule has 0 saturated heterocycles. The Hall–Kier alpha value is -2.59. The molecule has 2 amide bonds. The monoisotopic (exact) mass is 383 g/mol. The molecule has 0 saturated carbocycles. The number of carbonyl (C=O) groups is 4. The van der Waals surface area contributed by atoms with Crippen LogP contribution in [0, 0.1) is 0 Å². The minimum Gasteiger partial charge on any atom is -0.481 e. The molecule has 142 valence electrons. The second-order valence-corrected chi connectivity index (χ2v) is 5.90. The molecular formula is C16H21N3O6S. The molecule has 0 aliphatic heterocycles. The van der Waals surface area contributed by atoms with Crippen LogP contribution in [0.15, 0.2) is 30.3 Å². The average molecular weight is 383 g/mol. The van der Waals surface area contributed by atoms with E-state index in [2.05, 4.69) is 23.3 Å². The summed E-state index contributed by atoms with van der Waals surface area (Å²) in [6.07, 6.45) is -0.708. The van der Waals surface area contributed by atoms with Gasteiger partial charge in [0.1, 0.15) is 12.1 Å². The predicted molar refractivity (Wildman–Crippen MR) is 95.7 cm³/mol. The Morgan fingerprint density at radius 1 is 1.00 bits per heavy atom. The van der Waals surface area contributed by atoms with E-state index < -0.39 is 48.3 Å². The van der Waals surface area contributed by atoms with Gasteiger partial charge in [0.05, 0.1) is 12.5 Å². The Balaban J connectivity index is 2.85. The van der Waals surface area contributed by atoms with Crippen LogP contribution in [-0.4, -0.2) is 57.8 Å². The summed E-state index contributed by atoms with van der Waals surface area (Å²) in [7, 11) is 0. The van der Waals surface area contributed by atoms with Gasteiger partial charge in [-0.15, -0.1) is 0 Å². The van der Waals surface area contributed by atoms with Crippen molar-refractivity contribution in [3.05, 3.63) is 35.9 Å². The highest BCUT2D eigenvalue weighted by Gasteiger charge is 2.29. The van der Waals surface area contributed by atoms with E-state index in [1.807, 2.05) is 0 Å². The molecule has 1 rings (SSSR count). The van der Waals surface area contributed by atoms with Gasteiger partial charge in [-0.2, -0.15) is 12.6 Å². The van der Waals surface area contributed by atoms with Crippen LogP contribution in [0.1, 0.15) is 12.0 Å². The summed E-state index contributed by atoms with van der Waals surface area (Å²) in [6.45, 7) is 0. The minimum atomic E-state index is -1.46. The first-order valence-electron chi connectivity index (χ1n) is 7.70. The van der Waals surface area contributed by atoms with Crippen molar-refractivity contribution < 1.29 is 29.4 Å². The van der Waals surface area contributed by atoms with E-state index in [1.54, 1.807) is 30.3 Å². The molecule has 0 aliphatic carbocycles. The maximum Gasteiger partial charge on any atom is 0.326 e. The topological polar surface area (TPSA) is 159 Å². The summed E-state index contributed by atoms with van der Waals surface area (Å²) in [4.78, 5) is 46.5. The number of hydrogen-bond donors (Lipinski definition) is 6. The molecule has 3 atom stereocenters. The molecule has 0 spiro atoms. The van der Waals surface area contributed by atoms with Crippen LogP contribution in [0.5, 0.6) is 0 Å². The number of aliphatic carboxylic acids is 2. The summed E-state index contributed by atoms with van der Waals surface area (Å²) in [5.74, 6) is -4.29. The number of hydrogen-bond acceptors (Lipinski definition) is 6. The Bertz CT molecular complexity index is 655. The van der Waals surface area contributed by atoms with Crippen molar-refractivity contribution in [1.82, 2.24) is 10.6 Å². The van der Waals surface area contributed by atoms with Crippen molar-refractivity contribution in [2.24, 2.45) is 5.73 Å². The number of nitrogens with two attached hydrogens (primary N) is 1.